The van der Waals surface area contributed by atoms with E-state index in [0.29, 0.717) is 17.1 Å². The highest BCUT2D eigenvalue weighted by atomic mass is 16.5. The average molecular weight is 393 g/mol. The molecule has 1 atom stereocenters. The Balaban J connectivity index is 1.91. The Hall–Kier alpha value is -3.12. The lowest BCUT2D eigenvalue weighted by atomic mass is 9.92. The molecule has 152 valence electrons. The summed E-state index contributed by atoms with van der Waals surface area (Å²) in [6.45, 7) is 8.20. The van der Waals surface area contributed by atoms with E-state index in [2.05, 4.69) is 26.1 Å². The van der Waals surface area contributed by atoms with Crippen LogP contribution in [0, 0.1) is 6.92 Å². The van der Waals surface area contributed by atoms with Crippen LogP contribution in [0.1, 0.15) is 43.7 Å². The number of aryl methyl sites for hydroxylation is 1. The third kappa shape index (κ3) is 4.66. The van der Waals surface area contributed by atoms with Crippen LogP contribution >= 0.6 is 0 Å². The molecule has 0 aliphatic rings. The molecule has 6 heteroatoms. The van der Waals surface area contributed by atoms with Gasteiger partial charge in [-0.1, -0.05) is 50.6 Å². The van der Waals surface area contributed by atoms with Crippen molar-refractivity contribution in [2.75, 3.05) is 12.4 Å². The van der Waals surface area contributed by atoms with Crippen LogP contribution < -0.4 is 10.1 Å². The predicted octanol–water partition coefficient (Wildman–Crippen LogP) is 4.16. The van der Waals surface area contributed by atoms with Gasteiger partial charge in [0.1, 0.15) is 11.6 Å². The van der Waals surface area contributed by atoms with Gasteiger partial charge in [0, 0.05) is 11.5 Å². The fraction of sp³-hybridized carbons (Fsp3) is 0.304. The van der Waals surface area contributed by atoms with Crippen LogP contribution in [0.15, 0.2) is 54.6 Å². The Labute approximate surface area is 171 Å². The summed E-state index contributed by atoms with van der Waals surface area (Å²) in [6.07, 6.45) is -1.31. The number of aliphatic hydroxyl groups excluding tert-OH is 1. The number of anilines is 1. The van der Waals surface area contributed by atoms with E-state index in [0.717, 1.165) is 16.9 Å². The standard InChI is InChI=1S/C23H27N3O3/c1-15-6-10-17(11-7-15)26-20(14-19(25-26)23(2,3)4)24-22(28)21(27)16-8-12-18(29-5)13-9-16/h6-14,21,27H,1-5H3,(H,24,28). The van der Waals surface area contributed by atoms with Gasteiger partial charge in [0.05, 0.1) is 18.5 Å². The van der Waals surface area contributed by atoms with E-state index >= 15 is 0 Å². The number of aliphatic hydroxyl groups is 1. The van der Waals surface area contributed by atoms with Crippen LogP contribution in [0.3, 0.4) is 0 Å². The normalized spacial score (nSPS) is 12.5. The number of ether oxygens (including phenoxy) is 1. The molecule has 29 heavy (non-hydrogen) atoms. The summed E-state index contributed by atoms with van der Waals surface area (Å²) >= 11 is 0. The number of amides is 1. The van der Waals surface area contributed by atoms with Gasteiger partial charge < -0.3 is 15.2 Å². The SMILES string of the molecule is COc1ccc(C(O)C(=O)Nc2cc(C(C)(C)C)nn2-c2ccc(C)cc2)cc1. The van der Waals surface area contributed by atoms with Crippen molar-refractivity contribution in [1.29, 1.82) is 0 Å². The lowest BCUT2D eigenvalue weighted by Gasteiger charge is -2.14. The molecule has 0 spiro atoms. The number of hydrogen-bond donors (Lipinski definition) is 2. The molecule has 0 radical (unpaired) electrons. The molecule has 0 aliphatic heterocycles. The highest BCUT2D eigenvalue weighted by Gasteiger charge is 2.24. The van der Waals surface area contributed by atoms with Crippen LogP contribution in [-0.4, -0.2) is 27.9 Å². The number of carbonyl (C=O) groups is 1. The second kappa shape index (κ2) is 8.09. The monoisotopic (exact) mass is 393 g/mol. The van der Waals surface area contributed by atoms with Gasteiger partial charge in [0.15, 0.2) is 6.10 Å². The Morgan fingerprint density at radius 1 is 1.10 bits per heavy atom. The van der Waals surface area contributed by atoms with Crippen LogP contribution in [-0.2, 0) is 10.2 Å². The summed E-state index contributed by atoms with van der Waals surface area (Å²) in [5.41, 5.74) is 3.11. The van der Waals surface area contributed by atoms with Crippen LogP contribution in [0.4, 0.5) is 5.82 Å². The number of nitrogens with one attached hydrogen (secondary N) is 1. The Morgan fingerprint density at radius 2 is 1.72 bits per heavy atom. The van der Waals surface area contributed by atoms with Gasteiger partial charge in [-0.05, 0) is 36.8 Å². The number of methoxy groups -OCH3 is 1. The van der Waals surface area contributed by atoms with Crippen molar-refractivity contribution in [3.63, 3.8) is 0 Å². The van der Waals surface area contributed by atoms with Crippen molar-refractivity contribution in [2.24, 2.45) is 0 Å². The smallest absolute Gasteiger partial charge is 0.258 e. The molecule has 1 unspecified atom stereocenters. The van der Waals surface area contributed by atoms with E-state index in [9.17, 15) is 9.90 Å². The number of hydrogen-bond acceptors (Lipinski definition) is 4. The first-order valence-electron chi connectivity index (χ1n) is 9.49. The van der Waals surface area contributed by atoms with E-state index in [-0.39, 0.29) is 5.41 Å². The van der Waals surface area contributed by atoms with E-state index < -0.39 is 12.0 Å². The minimum Gasteiger partial charge on any atom is -0.497 e. The van der Waals surface area contributed by atoms with Gasteiger partial charge >= 0.3 is 0 Å². The van der Waals surface area contributed by atoms with Gasteiger partial charge in [-0.25, -0.2) is 4.68 Å². The Kier molecular flexibility index (Phi) is 5.75. The Bertz CT molecular complexity index is 984. The first-order valence-corrected chi connectivity index (χ1v) is 9.49. The molecular formula is C23H27N3O3. The number of benzene rings is 2. The number of rotatable bonds is 5. The molecule has 0 aliphatic carbocycles. The van der Waals surface area contributed by atoms with Gasteiger partial charge in [0.25, 0.3) is 5.91 Å². The molecule has 0 saturated heterocycles. The maximum Gasteiger partial charge on any atom is 0.258 e. The van der Waals surface area contributed by atoms with E-state index in [1.165, 1.54) is 0 Å². The van der Waals surface area contributed by atoms with Gasteiger partial charge in [0.2, 0.25) is 0 Å². The van der Waals surface area contributed by atoms with Crippen molar-refractivity contribution >= 4 is 11.7 Å². The fourth-order valence-electron chi connectivity index (χ4n) is 2.85. The lowest BCUT2D eigenvalue weighted by molar-refractivity contribution is -0.124. The van der Waals surface area contributed by atoms with E-state index in [4.69, 9.17) is 9.84 Å². The summed E-state index contributed by atoms with van der Waals surface area (Å²) in [5.74, 6) is 0.647. The third-order valence-electron chi connectivity index (χ3n) is 4.69. The van der Waals surface area contributed by atoms with E-state index in [1.54, 1.807) is 36.1 Å². The largest absolute Gasteiger partial charge is 0.497 e. The molecule has 1 amide bonds. The fourth-order valence-corrected chi connectivity index (χ4v) is 2.85. The molecular weight excluding hydrogens is 366 g/mol. The third-order valence-corrected chi connectivity index (χ3v) is 4.69. The molecule has 1 aromatic heterocycles. The summed E-state index contributed by atoms with van der Waals surface area (Å²) in [6, 6.07) is 16.5. The van der Waals surface area contributed by atoms with Crippen LogP contribution in [0.25, 0.3) is 5.69 Å². The van der Waals surface area contributed by atoms with Gasteiger partial charge in [-0.3, -0.25) is 4.79 Å². The predicted molar refractivity (Wildman–Crippen MR) is 114 cm³/mol. The molecule has 0 bridgehead atoms. The summed E-state index contributed by atoms with van der Waals surface area (Å²) in [5, 5.41) is 18.0. The van der Waals surface area contributed by atoms with Gasteiger partial charge in [-0.2, -0.15) is 5.10 Å². The maximum atomic E-state index is 12.7. The maximum absolute atomic E-state index is 12.7. The van der Waals surface area contributed by atoms with Crippen molar-refractivity contribution in [3.05, 3.63) is 71.4 Å². The number of nitrogens with zero attached hydrogens (tertiary/aromatic N) is 2. The highest BCUT2D eigenvalue weighted by Crippen LogP contribution is 2.27. The zero-order valence-corrected chi connectivity index (χ0v) is 17.4. The summed E-state index contributed by atoms with van der Waals surface area (Å²) < 4.78 is 6.81. The molecule has 6 nitrogen and oxygen atoms in total. The van der Waals surface area contributed by atoms with Crippen molar-refractivity contribution in [3.8, 4) is 11.4 Å². The second-order valence-electron chi connectivity index (χ2n) is 8.08. The molecule has 0 fully saturated rings. The molecule has 3 aromatic rings. The van der Waals surface area contributed by atoms with Crippen molar-refractivity contribution < 1.29 is 14.6 Å². The van der Waals surface area contributed by atoms with E-state index in [1.807, 2.05) is 37.3 Å². The first kappa shape index (κ1) is 20.6. The average Bonchev–Trinajstić information content (AvgIpc) is 3.12. The first-order chi connectivity index (χ1) is 13.7. The Morgan fingerprint density at radius 3 is 2.28 bits per heavy atom. The van der Waals surface area contributed by atoms with Crippen LogP contribution in [0.2, 0.25) is 0 Å². The topological polar surface area (TPSA) is 76.4 Å². The van der Waals surface area contributed by atoms with Gasteiger partial charge in [-0.15, -0.1) is 0 Å². The summed E-state index contributed by atoms with van der Waals surface area (Å²) in [7, 11) is 1.57. The molecule has 2 N–H and O–H groups in total. The quantitative estimate of drug-likeness (QED) is 0.682. The zero-order chi connectivity index (χ0) is 21.2. The lowest BCUT2D eigenvalue weighted by Crippen LogP contribution is -2.22. The number of carbonyl (C=O) groups excluding carboxylic acids is 1. The highest BCUT2D eigenvalue weighted by molar-refractivity contribution is 5.94. The van der Waals surface area contributed by atoms with Crippen molar-refractivity contribution in [2.45, 2.75) is 39.2 Å². The number of aromatic nitrogens is 2. The molecule has 1 heterocycles. The second-order valence-corrected chi connectivity index (χ2v) is 8.08. The van der Waals surface area contributed by atoms with Crippen molar-refractivity contribution in [1.82, 2.24) is 9.78 Å². The molecule has 3 rings (SSSR count). The summed E-state index contributed by atoms with van der Waals surface area (Å²) in [4.78, 5) is 12.7. The minimum absolute atomic E-state index is 0.190. The molecule has 2 aromatic carbocycles. The van der Waals surface area contributed by atoms with Crippen LogP contribution in [0.5, 0.6) is 5.75 Å². The molecule has 0 saturated carbocycles. The minimum atomic E-state index is -1.31. The zero-order valence-electron chi connectivity index (χ0n) is 17.4.